The van der Waals surface area contributed by atoms with E-state index in [1.807, 2.05) is 57.7 Å². The lowest BCUT2D eigenvalue weighted by Gasteiger charge is -2.07. The van der Waals surface area contributed by atoms with Gasteiger partial charge in [-0.2, -0.15) is 9.13 Å². The van der Waals surface area contributed by atoms with Crippen molar-refractivity contribution in [2.24, 2.45) is 0 Å². The predicted molar refractivity (Wildman–Crippen MR) is 111 cm³/mol. The molecule has 0 unspecified atom stereocenters. The standard InChI is InChI=1S/C21H17Cl2N3O2.ClH/c22-15-5-3-7-17(11-15)27-13-25-19-9-1-2-10-20(19)26(21(25)24)14-28-18-8-4-6-16(23)12-18;/h1-12,24H,13-14H2;1H. The van der Waals surface area contributed by atoms with E-state index < -0.39 is 0 Å². The minimum atomic E-state index is 0. The molecule has 0 saturated carbocycles. The van der Waals surface area contributed by atoms with Crippen LogP contribution in [-0.4, -0.2) is 4.57 Å². The van der Waals surface area contributed by atoms with Crippen LogP contribution in [0.2, 0.25) is 10.0 Å². The number of aromatic nitrogens is 2. The molecule has 3 aromatic carbocycles. The Morgan fingerprint density at radius 1 is 0.828 bits per heavy atom. The predicted octanol–water partition coefficient (Wildman–Crippen LogP) is 1.89. The molecule has 4 rings (SSSR count). The van der Waals surface area contributed by atoms with Crippen LogP contribution in [-0.2, 0) is 13.5 Å². The quantitative estimate of drug-likeness (QED) is 0.457. The van der Waals surface area contributed by atoms with Crippen LogP contribution in [0, 0.1) is 0 Å². The number of hydrogen-bond acceptors (Lipinski definition) is 3. The number of fused-ring (bicyclic) bond motifs is 1. The Balaban J connectivity index is 0.00000240. The molecule has 0 spiro atoms. The topological polar surface area (TPSA) is 53.3 Å². The maximum Gasteiger partial charge on any atom is 0.361 e. The second kappa shape index (κ2) is 9.27. The molecular formula is C21H18Cl3N3O2. The fourth-order valence-corrected chi connectivity index (χ4v) is 3.34. The first kappa shape index (κ1) is 21.1. The van der Waals surface area contributed by atoms with Crippen molar-refractivity contribution in [1.29, 1.82) is 0 Å². The first-order valence-electron chi connectivity index (χ1n) is 8.65. The molecule has 0 aliphatic heterocycles. The molecule has 0 radical (unpaired) electrons. The number of nitrogen functional groups attached to an aromatic ring is 1. The van der Waals surface area contributed by atoms with Gasteiger partial charge in [-0.05, 0) is 48.5 Å². The van der Waals surface area contributed by atoms with Gasteiger partial charge in [0.2, 0.25) is 13.5 Å². The van der Waals surface area contributed by atoms with Crippen LogP contribution in [0.5, 0.6) is 11.5 Å². The molecule has 0 aliphatic rings. The van der Waals surface area contributed by atoms with Gasteiger partial charge in [-0.1, -0.05) is 47.5 Å². The number of nitrogens with zero attached hydrogens (tertiary/aromatic N) is 2. The third kappa shape index (κ3) is 4.70. The first-order chi connectivity index (χ1) is 13.6. The van der Waals surface area contributed by atoms with Gasteiger partial charge in [-0.25, -0.2) is 0 Å². The Morgan fingerprint density at radius 2 is 1.45 bits per heavy atom. The van der Waals surface area contributed by atoms with Gasteiger partial charge in [0, 0.05) is 10.0 Å². The van der Waals surface area contributed by atoms with Crippen LogP contribution < -0.4 is 32.2 Å². The molecule has 150 valence electrons. The number of ether oxygens (including phenoxy) is 2. The van der Waals surface area contributed by atoms with Crippen molar-refractivity contribution in [2.75, 3.05) is 5.73 Å². The van der Waals surface area contributed by atoms with Crippen LogP contribution in [0.25, 0.3) is 11.0 Å². The average Bonchev–Trinajstić information content (AvgIpc) is 2.96. The Labute approximate surface area is 184 Å². The van der Waals surface area contributed by atoms with Crippen molar-refractivity contribution in [3.63, 3.8) is 0 Å². The van der Waals surface area contributed by atoms with Gasteiger partial charge in [0.1, 0.15) is 22.5 Å². The second-order valence-corrected chi connectivity index (χ2v) is 7.04. The number of hydrogen-bond donors (Lipinski definition) is 1. The van der Waals surface area contributed by atoms with Gasteiger partial charge in [0.05, 0.1) is 0 Å². The zero-order chi connectivity index (χ0) is 19.5. The Bertz CT molecular complexity index is 1040. The molecule has 2 N–H and O–H groups in total. The summed E-state index contributed by atoms with van der Waals surface area (Å²) in [6, 6.07) is 22.4. The molecule has 0 fully saturated rings. The highest BCUT2D eigenvalue weighted by molar-refractivity contribution is 6.31. The molecule has 1 heterocycles. The lowest BCUT2D eigenvalue weighted by molar-refractivity contribution is -0.687. The summed E-state index contributed by atoms with van der Waals surface area (Å²) in [7, 11) is 0. The number of nitrogens with two attached hydrogens (primary N) is 1. The summed E-state index contributed by atoms with van der Waals surface area (Å²) < 4.78 is 15.5. The van der Waals surface area contributed by atoms with Crippen LogP contribution in [0.4, 0.5) is 5.95 Å². The van der Waals surface area contributed by atoms with Crippen molar-refractivity contribution in [3.8, 4) is 11.5 Å². The summed E-state index contributed by atoms with van der Waals surface area (Å²) in [5, 5.41) is 1.24. The third-order valence-corrected chi connectivity index (χ3v) is 4.80. The largest absolute Gasteiger partial charge is 1.00 e. The van der Waals surface area contributed by atoms with E-state index in [0.717, 1.165) is 11.0 Å². The van der Waals surface area contributed by atoms with Crippen molar-refractivity contribution in [2.45, 2.75) is 13.5 Å². The van der Waals surface area contributed by atoms with Gasteiger partial charge in [0.15, 0.2) is 0 Å². The number of para-hydroxylation sites is 2. The van der Waals surface area contributed by atoms with E-state index in [1.165, 1.54) is 0 Å². The van der Waals surface area contributed by atoms with Crippen LogP contribution >= 0.6 is 23.2 Å². The third-order valence-electron chi connectivity index (χ3n) is 4.33. The van der Waals surface area contributed by atoms with E-state index >= 15 is 0 Å². The first-order valence-corrected chi connectivity index (χ1v) is 9.41. The second-order valence-electron chi connectivity index (χ2n) is 6.16. The number of anilines is 1. The van der Waals surface area contributed by atoms with Gasteiger partial charge in [-0.3, -0.25) is 5.73 Å². The Kier molecular flexibility index (Phi) is 6.75. The summed E-state index contributed by atoms with van der Waals surface area (Å²) in [6.45, 7) is 0.494. The van der Waals surface area contributed by atoms with Crippen molar-refractivity contribution in [1.82, 2.24) is 4.57 Å². The van der Waals surface area contributed by atoms with Crippen LogP contribution in [0.15, 0.2) is 72.8 Å². The highest BCUT2D eigenvalue weighted by Gasteiger charge is 2.21. The lowest BCUT2D eigenvalue weighted by Crippen LogP contribution is -3.00. The van der Waals surface area contributed by atoms with Crippen LogP contribution in [0.1, 0.15) is 0 Å². The number of rotatable bonds is 6. The van der Waals surface area contributed by atoms with E-state index in [-0.39, 0.29) is 25.9 Å². The Morgan fingerprint density at radius 3 is 2.10 bits per heavy atom. The summed E-state index contributed by atoms with van der Waals surface area (Å²) in [6.07, 6.45) is 0. The van der Waals surface area contributed by atoms with E-state index in [9.17, 15) is 0 Å². The highest BCUT2D eigenvalue weighted by atomic mass is 35.5. The van der Waals surface area contributed by atoms with Gasteiger partial charge in [0.25, 0.3) is 0 Å². The molecule has 0 aliphatic carbocycles. The fraction of sp³-hybridized carbons (Fsp3) is 0.0952. The van der Waals surface area contributed by atoms with E-state index in [2.05, 4.69) is 0 Å². The number of halogens is 3. The zero-order valence-corrected chi connectivity index (χ0v) is 17.5. The summed E-state index contributed by atoms with van der Waals surface area (Å²) in [4.78, 5) is 0. The smallest absolute Gasteiger partial charge is 0.361 e. The van der Waals surface area contributed by atoms with Crippen molar-refractivity contribution >= 4 is 40.2 Å². The van der Waals surface area contributed by atoms with E-state index in [0.29, 0.717) is 27.5 Å². The molecule has 0 atom stereocenters. The van der Waals surface area contributed by atoms with E-state index in [1.54, 1.807) is 24.3 Å². The molecule has 1 aromatic heterocycles. The van der Waals surface area contributed by atoms with Crippen molar-refractivity contribution < 1.29 is 26.4 Å². The molecule has 8 heteroatoms. The molecule has 4 aromatic rings. The minimum absolute atomic E-state index is 0. The fourth-order valence-electron chi connectivity index (χ4n) is 2.98. The number of imidazole rings is 1. The zero-order valence-electron chi connectivity index (χ0n) is 15.3. The molecule has 29 heavy (non-hydrogen) atoms. The Hall–Kier alpha value is -2.60. The molecule has 0 amide bonds. The highest BCUT2D eigenvalue weighted by Crippen LogP contribution is 2.21. The molecule has 5 nitrogen and oxygen atoms in total. The molecule has 0 saturated heterocycles. The van der Waals surface area contributed by atoms with Crippen molar-refractivity contribution in [3.05, 3.63) is 82.8 Å². The minimum Gasteiger partial charge on any atom is -1.00 e. The summed E-state index contributed by atoms with van der Waals surface area (Å²) in [5.41, 5.74) is 8.30. The monoisotopic (exact) mass is 449 g/mol. The van der Waals surface area contributed by atoms with Gasteiger partial charge in [-0.15, -0.1) is 0 Å². The lowest BCUT2D eigenvalue weighted by atomic mass is 10.3. The maximum absolute atomic E-state index is 6.42. The van der Waals surface area contributed by atoms with Crippen LogP contribution in [0.3, 0.4) is 0 Å². The van der Waals surface area contributed by atoms with Gasteiger partial charge < -0.3 is 21.9 Å². The molecule has 0 bridgehead atoms. The summed E-state index contributed by atoms with van der Waals surface area (Å²) in [5.74, 6) is 1.86. The average molecular weight is 451 g/mol. The summed E-state index contributed by atoms with van der Waals surface area (Å²) >= 11 is 12.1. The van der Waals surface area contributed by atoms with Gasteiger partial charge >= 0.3 is 5.95 Å². The normalized spacial score (nSPS) is 10.6. The molecular weight excluding hydrogens is 433 g/mol. The number of benzene rings is 3. The van der Waals surface area contributed by atoms with E-state index in [4.69, 9.17) is 38.4 Å². The SMILES string of the molecule is Nc1n(COc2cccc(Cl)c2)c2ccccc2[n+]1COc1cccc(Cl)c1.[Cl-]. The maximum atomic E-state index is 6.42.